The van der Waals surface area contributed by atoms with Gasteiger partial charge in [-0.3, -0.25) is 9.98 Å². The predicted octanol–water partition coefficient (Wildman–Crippen LogP) is 11.8. The summed E-state index contributed by atoms with van der Waals surface area (Å²) in [5, 5.41) is 20.9. The van der Waals surface area contributed by atoms with Gasteiger partial charge in [0.25, 0.3) is 0 Å². The van der Waals surface area contributed by atoms with E-state index in [4.69, 9.17) is 18.9 Å². The maximum atomic E-state index is 10.4. The molecule has 0 bridgehead atoms. The summed E-state index contributed by atoms with van der Waals surface area (Å²) < 4.78 is 23.2. The number of hydrogen-bond donors (Lipinski definition) is 2. The fourth-order valence-electron chi connectivity index (χ4n) is 6.21. The minimum Gasteiger partial charge on any atom is -0.507 e. The van der Waals surface area contributed by atoms with Crippen molar-refractivity contribution in [3.05, 3.63) is 108 Å². The zero-order valence-electron chi connectivity index (χ0n) is 33.4. The summed E-state index contributed by atoms with van der Waals surface area (Å²) in [5.74, 6) is 3.51. The first kappa shape index (κ1) is 43.7. The summed E-state index contributed by atoms with van der Waals surface area (Å²) in [5.41, 5.74) is 1.27. The third kappa shape index (κ3) is 19.6. The van der Waals surface area contributed by atoms with Crippen LogP contribution in [0.3, 0.4) is 0 Å². The molecule has 302 valence electrons. The molecule has 0 aliphatic carbocycles. The van der Waals surface area contributed by atoms with E-state index in [1.165, 1.54) is 64.2 Å². The van der Waals surface area contributed by atoms with Crippen LogP contribution in [0.5, 0.6) is 34.5 Å². The monoisotopic (exact) mass is 764 g/mol. The average molecular weight is 765 g/mol. The smallest absolute Gasteiger partial charge is 0.128 e. The van der Waals surface area contributed by atoms with Crippen molar-refractivity contribution in [2.75, 3.05) is 39.5 Å². The third-order valence-corrected chi connectivity index (χ3v) is 9.46. The van der Waals surface area contributed by atoms with E-state index < -0.39 is 0 Å². The molecule has 0 saturated heterocycles. The van der Waals surface area contributed by atoms with Crippen molar-refractivity contribution >= 4 is 12.4 Å². The molecule has 0 amide bonds. The molecule has 0 saturated carbocycles. The van der Waals surface area contributed by atoms with Crippen molar-refractivity contribution in [3.63, 3.8) is 0 Å². The molecule has 0 radical (unpaired) electrons. The lowest BCUT2D eigenvalue weighted by molar-refractivity contribution is 0.300. The molecule has 0 heterocycles. The second-order valence-electron chi connectivity index (χ2n) is 14.2. The summed E-state index contributed by atoms with van der Waals surface area (Å²) in [6.07, 6.45) is 22.2. The van der Waals surface area contributed by atoms with Crippen molar-refractivity contribution < 1.29 is 29.2 Å². The van der Waals surface area contributed by atoms with E-state index in [1.54, 1.807) is 24.6 Å². The van der Waals surface area contributed by atoms with Gasteiger partial charge in [-0.05, 0) is 74.2 Å². The molecule has 0 fully saturated rings. The van der Waals surface area contributed by atoms with Crippen molar-refractivity contribution in [1.82, 2.24) is 0 Å². The van der Waals surface area contributed by atoms with E-state index in [0.717, 1.165) is 63.2 Å². The second kappa shape index (κ2) is 28.4. The van der Waals surface area contributed by atoms with Gasteiger partial charge in [0.05, 0.1) is 39.5 Å². The van der Waals surface area contributed by atoms with Crippen molar-refractivity contribution in [1.29, 1.82) is 0 Å². The largest absolute Gasteiger partial charge is 0.507 e. The van der Waals surface area contributed by atoms with Gasteiger partial charge in [0.15, 0.2) is 0 Å². The molecular formula is C48H64N2O6. The predicted molar refractivity (Wildman–Crippen MR) is 230 cm³/mol. The Morgan fingerprint density at radius 3 is 0.982 bits per heavy atom. The number of para-hydroxylation sites is 2. The van der Waals surface area contributed by atoms with Crippen LogP contribution in [-0.2, 0) is 0 Å². The van der Waals surface area contributed by atoms with Gasteiger partial charge in [0.2, 0.25) is 0 Å². The number of phenolic OH excluding ortho intramolecular Hbond substituents is 2. The molecule has 0 unspecified atom stereocenters. The van der Waals surface area contributed by atoms with Crippen LogP contribution in [0.4, 0.5) is 0 Å². The molecule has 4 rings (SSSR count). The molecule has 4 aromatic rings. The summed E-state index contributed by atoms with van der Waals surface area (Å²) in [7, 11) is 0. The lowest BCUT2D eigenvalue weighted by atomic mass is 10.1. The Labute approximate surface area is 335 Å². The molecule has 0 aliphatic heterocycles. The molecular weight excluding hydrogens is 701 g/mol. The van der Waals surface area contributed by atoms with E-state index in [9.17, 15) is 10.2 Å². The number of aliphatic imine (C=N–C) groups is 2. The Hall–Kier alpha value is -4.98. The first-order valence-corrected chi connectivity index (χ1v) is 20.9. The zero-order chi connectivity index (χ0) is 39.1. The number of nitrogens with zero attached hydrogens (tertiary/aromatic N) is 2. The van der Waals surface area contributed by atoms with Crippen LogP contribution in [0.2, 0.25) is 0 Å². The van der Waals surface area contributed by atoms with Gasteiger partial charge in [-0.25, -0.2) is 0 Å². The van der Waals surface area contributed by atoms with Crippen LogP contribution in [0.25, 0.3) is 0 Å². The number of benzene rings is 4. The minimum absolute atomic E-state index is 0.142. The molecule has 0 atom stereocenters. The quantitative estimate of drug-likeness (QED) is 0.0391. The Morgan fingerprint density at radius 1 is 0.357 bits per heavy atom. The number of rotatable bonds is 31. The lowest BCUT2D eigenvalue weighted by Crippen LogP contribution is -1.98. The number of unbranched alkanes of at least 4 members (excludes halogenated alkanes) is 14. The molecule has 2 N–H and O–H groups in total. The maximum absolute atomic E-state index is 10.4. The third-order valence-electron chi connectivity index (χ3n) is 9.46. The van der Waals surface area contributed by atoms with Gasteiger partial charge in [0.1, 0.15) is 34.5 Å². The minimum atomic E-state index is 0.142. The van der Waals surface area contributed by atoms with Crippen LogP contribution in [-0.4, -0.2) is 62.2 Å². The van der Waals surface area contributed by atoms with E-state index in [0.29, 0.717) is 48.9 Å². The number of phenols is 2. The van der Waals surface area contributed by atoms with Gasteiger partial charge >= 0.3 is 0 Å². The highest BCUT2D eigenvalue weighted by Gasteiger charge is 2.04. The van der Waals surface area contributed by atoms with E-state index in [-0.39, 0.29) is 11.5 Å². The zero-order valence-corrected chi connectivity index (χ0v) is 33.4. The summed E-state index contributed by atoms with van der Waals surface area (Å²) in [6.45, 7) is 3.78. The molecule has 0 aromatic heterocycles. The number of ether oxygens (including phenoxy) is 4. The summed E-state index contributed by atoms with van der Waals surface area (Å²) in [6, 6.07) is 30.7. The van der Waals surface area contributed by atoms with Gasteiger partial charge in [0, 0.05) is 35.7 Å². The molecule has 8 nitrogen and oxygen atoms in total. The van der Waals surface area contributed by atoms with Crippen LogP contribution in [0.1, 0.15) is 114 Å². The van der Waals surface area contributed by atoms with E-state index in [1.807, 2.05) is 84.9 Å². The lowest BCUT2D eigenvalue weighted by Gasteiger charge is -2.08. The van der Waals surface area contributed by atoms with Crippen molar-refractivity contribution in [2.45, 2.75) is 103 Å². The molecule has 4 aromatic carbocycles. The Morgan fingerprint density at radius 2 is 0.661 bits per heavy atom. The molecule has 56 heavy (non-hydrogen) atoms. The fourth-order valence-corrected chi connectivity index (χ4v) is 6.21. The highest BCUT2D eigenvalue weighted by molar-refractivity contribution is 5.84. The first-order valence-electron chi connectivity index (χ1n) is 20.9. The Kier molecular flexibility index (Phi) is 22.2. The highest BCUT2D eigenvalue weighted by Crippen LogP contribution is 2.24. The summed E-state index contributed by atoms with van der Waals surface area (Å²) in [4.78, 5) is 8.80. The van der Waals surface area contributed by atoms with Crippen LogP contribution < -0.4 is 18.9 Å². The van der Waals surface area contributed by atoms with Crippen LogP contribution >= 0.6 is 0 Å². The van der Waals surface area contributed by atoms with E-state index in [2.05, 4.69) is 9.98 Å². The van der Waals surface area contributed by atoms with Gasteiger partial charge < -0.3 is 29.2 Å². The van der Waals surface area contributed by atoms with Crippen LogP contribution in [0, 0.1) is 0 Å². The van der Waals surface area contributed by atoms with Gasteiger partial charge in [-0.1, -0.05) is 113 Å². The van der Waals surface area contributed by atoms with Crippen molar-refractivity contribution in [2.24, 2.45) is 9.98 Å². The highest BCUT2D eigenvalue weighted by atomic mass is 16.5. The van der Waals surface area contributed by atoms with Gasteiger partial charge in [-0.15, -0.1) is 0 Å². The average Bonchev–Trinajstić information content (AvgIpc) is 3.22. The first-order chi connectivity index (χ1) is 27.7. The maximum Gasteiger partial charge on any atom is 0.128 e. The molecule has 0 spiro atoms. The second-order valence-corrected chi connectivity index (χ2v) is 14.2. The fraction of sp³-hybridized carbons (Fsp3) is 0.458. The normalized spacial score (nSPS) is 11.4. The summed E-state index contributed by atoms with van der Waals surface area (Å²) >= 11 is 0. The van der Waals surface area contributed by atoms with Crippen LogP contribution in [0.15, 0.2) is 107 Å². The standard InChI is InChI=1S/C48H64N2O6/c51-47-37-45(55-35-21-11-7-3-1-5-9-19-33-53-43-23-15-13-16-24-43)29-27-41(47)39-49-31-32-50-40-42-28-30-46(38-48(42)52)56-36-22-12-8-4-2-6-10-20-34-54-44-25-17-14-18-26-44/h13-18,23-30,37-40,51-52H,1-12,19-22,31-36H2. The number of aromatic hydroxyl groups is 2. The van der Waals surface area contributed by atoms with Crippen molar-refractivity contribution in [3.8, 4) is 34.5 Å². The Balaban J connectivity index is 0.953. The van der Waals surface area contributed by atoms with E-state index >= 15 is 0 Å². The Bertz CT molecular complexity index is 1520. The SMILES string of the molecule is Oc1cc(OCCCCCCCCCCOc2ccccc2)ccc1C=NCCN=Cc1ccc(OCCCCCCCCCCOc2ccccc2)cc1O. The molecule has 0 aliphatic rings. The van der Waals surface area contributed by atoms with Gasteiger partial charge in [-0.2, -0.15) is 0 Å². The number of hydrogen-bond acceptors (Lipinski definition) is 8. The molecule has 8 heteroatoms. The topological polar surface area (TPSA) is 102 Å².